The van der Waals surface area contributed by atoms with Gasteiger partial charge in [0.15, 0.2) is 6.61 Å². The summed E-state index contributed by atoms with van der Waals surface area (Å²) in [5, 5.41) is 2.82. The molecule has 8 nitrogen and oxygen atoms in total. The first-order valence-corrected chi connectivity index (χ1v) is 12.5. The third-order valence-corrected chi connectivity index (χ3v) is 6.10. The van der Waals surface area contributed by atoms with Crippen molar-refractivity contribution in [3.8, 4) is 11.5 Å². The molecule has 200 valence electrons. The third kappa shape index (κ3) is 6.54. The van der Waals surface area contributed by atoms with Crippen molar-refractivity contribution in [2.45, 2.75) is 20.4 Å². The Hall–Kier alpha value is -4.85. The maximum Gasteiger partial charge on any atom is 0.340 e. The number of hydrogen-bond donors (Lipinski definition) is 1. The van der Waals surface area contributed by atoms with Crippen LogP contribution in [0, 0.1) is 0 Å². The quantitative estimate of drug-likeness (QED) is 0.305. The molecule has 4 rings (SSSR count). The average Bonchev–Trinajstić information content (AvgIpc) is 3.20. The Kier molecular flexibility index (Phi) is 8.78. The molecule has 1 aliphatic heterocycles. The van der Waals surface area contributed by atoms with E-state index in [-0.39, 0.29) is 36.2 Å². The number of carbonyl (C=O) groups excluding carboxylic acids is 3. The molecule has 0 aliphatic carbocycles. The second kappa shape index (κ2) is 12.6. The van der Waals surface area contributed by atoms with Crippen molar-refractivity contribution in [1.82, 2.24) is 5.32 Å². The summed E-state index contributed by atoms with van der Waals surface area (Å²) in [6, 6.07) is 23.6. The lowest BCUT2D eigenvalue weighted by molar-refractivity contribution is -0.138. The number of amides is 2. The number of nitrogens with zero attached hydrogens (tertiary/aromatic N) is 1. The molecule has 0 aromatic heterocycles. The molecule has 8 heteroatoms. The lowest BCUT2D eigenvalue weighted by Gasteiger charge is -2.18. The van der Waals surface area contributed by atoms with Crippen LogP contribution in [-0.2, 0) is 25.7 Å². The largest absolute Gasteiger partial charge is 0.497 e. The minimum Gasteiger partial charge on any atom is -0.497 e. The zero-order valence-electron chi connectivity index (χ0n) is 22.1. The van der Waals surface area contributed by atoms with Gasteiger partial charge in [0.2, 0.25) is 0 Å². The summed E-state index contributed by atoms with van der Waals surface area (Å²) in [6.07, 6.45) is 1.65. The Balaban J connectivity index is 1.48. The first-order chi connectivity index (χ1) is 18.9. The fraction of sp³-hybridized carbons (Fsp3) is 0.194. The van der Waals surface area contributed by atoms with Crippen molar-refractivity contribution in [3.63, 3.8) is 0 Å². The number of ether oxygens (including phenoxy) is 3. The van der Waals surface area contributed by atoms with E-state index in [2.05, 4.69) is 5.32 Å². The predicted molar refractivity (Wildman–Crippen MR) is 148 cm³/mol. The van der Waals surface area contributed by atoms with Gasteiger partial charge in [-0.05, 0) is 67.4 Å². The molecule has 2 amide bonds. The van der Waals surface area contributed by atoms with Crippen LogP contribution in [0.15, 0.2) is 95.7 Å². The van der Waals surface area contributed by atoms with Crippen molar-refractivity contribution in [2.75, 3.05) is 25.2 Å². The van der Waals surface area contributed by atoms with Gasteiger partial charge in [-0.3, -0.25) is 14.5 Å². The van der Waals surface area contributed by atoms with Crippen LogP contribution in [0.1, 0.15) is 25.0 Å². The highest BCUT2D eigenvalue weighted by molar-refractivity contribution is 6.23. The van der Waals surface area contributed by atoms with Crippen LogP contribution in [0.25, 0.3) is 6.08 Å². The van der Waals surface area contributed by atoms with Crippen molar-refractivity contribution in [3.05, 3.63) is 107 Å². The molecular weight excluding hydrogens is 496 g/mol. The lowest BCUT2D eigenvalue weighted by Crippen LogP contribution is -2.28. The molecule has 0 bridgehead atoms. The Bertz CT molecular complexity index is 1390. The number of carbonyl (C=O) groups is 3. The number of esters is 1. The zero-order chi connectivity index (χ0) is 27.8. The Morgan fingerprint density at radius 3 is 2.23 bits per heavy atom. The molecule has 3 aromatic rings. The van der Waals surface area contributed by atoms with Gasteiger partial charge in [-0.1, -0.05) is 42.5 Å². The first-order valence-electron chi connectivity index (χ1n) is 12.5. The summed E-state index contributed by atoms with van der Waals surface area (Å²) in [7, 11) is 1.57. The smallest absolute Gasteiger partial charge is 0.340 e. The minimum atomic E-state index is -0.563. The number of rotatable bonds is 10. The van der Waals surface area contributed by atoms with Gasteiger partial charge in [0, 0.05) is 17.9 Å². The molecule has 1 N–H and O–H groups in total. The molecule has 3 aromatic carbocycles. The van der Waals surface area contributed by atoms with Crippen LogP contribution in [0.5, 0.6) is 11.5 Å². The lowest BCUT2D eigenvalue weighted by atomic mass is 10.0. The van der Waals surface area contributed by atoms with Crippen molar-refractivity contribution in [2.24, 2.45) is 0 Å². The molecule has 1 aliphatic rings. The maximum absolute atomic E-state index is 13.5. The fourth-order valence-corrected chi connectivity index (χ4v) is 4.15. The molecule has 0 spiro atoms. The van der Waals surface area contributed by atoms with Crippen LogP contribution in [-0.4, -0.2) is 38.1 Å². The van der Waals surface area contributed by atoms with Crippen molar-refractivity contribution >= 4 is 29.5 Å². The highest BCUT2D eigenvalue weighted by Gasteiger charge is 2.38. The van der Waals surface area contributed by atoms with E-state index in [1.54, 1.807) is 75.6 Å². The highest BCUT2D eigenvalue weighted by atomic mass is 16.5. The summed E-state index contributed by atoms with van der Waals surface area (Å²) < 4.78 is 16.1. The molecule has 0 atom stereocenters. The predicted octanol–water partition coefficient (Wildman–Crippen LogP) is 4.66. The van der Waals surface area contributed by atoms with E-state index < -0.39 is 5.97 Å². The maximum atomic E-state index is 13.5. The number of hydrogen-bond acceptors (Lipinski definition) is 6. The van der Waals surface area contributed by atoms with Gasteiger partial charge in [-0.25, -0.2) is 4.79 Å². The van der Waals surface area contributed by atoms with E-state index >= 15 is 0 Å². The van der Waals surface area contributed by atoms with Gasteiger partial charge in [0.25, 0.3) is 11.8 Å². The number of nitrogens with one attached hydrogen (secondary N) is 1. The normalized spacial score (nSPS) is 14.0. The zero-order valence-corrected chi connectivity index (χ0v) is 22.1. The van der Waals surface area contributed by atoms with E-state index in [9.17, 15) is 14.4 Å². The number of benzene rings is 3. The van der Waals surface area contributed by atoms with Gasteiger partial charge in [0.05, 0.1) is 24.9 Å². The van der Waals surface area contributed by atoms with Crippen LogP contribution in [0.2, 0.25) is 0 Å². The van der Waals surface area contributed by atoms with Crippen molar-refractivity contribution < 1.29 is 28.6 Å². The number of allylic oxidation sites excluding steroid dienone is 1. The van der Waals surface area contributed by atoms with E-state index in [1.165, 1.54) is 4.90 Å². The standard InChI is InChI=1S/C31H30N2O6/c1-4-38-31(36)29-21(2)33(24-12-16-25(37-3)17-13-24)30(35)27(29)18-22-10-14-26(15-11-22)39-20-28(34)32-19-23-8-6-5-7-9-23/h5-18H,4,19-20H2,1-3H3,(H,32,34)/b27-18-. The summed E-state index contributed by atoms with van der Waals surface area (Å²) in [4.78, 5) is 40.0. The molecule has 0 saturated carbocycles. The molecule has 0 radical (unpaired) electrons. The molecular formula is C31H30N2O6. The third-order valence-electron chi connectivity index (χ3n) is 6.10. The summed E-state index contributed by atoms with van der Waals surface area (Å²) >= 11 is 0. The number of methoxy groups -OCH3 is 1. The second-order valence-corrected chi connectivity index (χ2v) is 8.70. The molecule has 0 fully saturated rings. The summed E-state index contributed by atoms with van der Waals surface area (Å²) in [5.74, 6) is 0.0227. The Labute approximate surface area is 227 Å². The second-order valence-electron chi connectivity index (χ2n) is 8.70. The average molecular weight is 527 g/mol. The van der Waals surface area contributed by atoms with Crippen molar-refractivity contribution in [1.29, 1.82) is 0 Å². The minimum absolute atomic E-state index is 0.127. The monoisotopic (exact) mass is 526 g/mol. The van der Waals surface area contributed by atoms with Gasteiger partial charge in [-0.2, -0.15) is 0 Å². The topological polar surface area (TPSA) is 94.2 Å². The van der Waals surface area contributed by atoms with E-state index in [0.29, 0.717) is 35.0 Å². The van der Waals surface area contributed by atoms with Gasteiger partial charge < -0.3 is 19.5 Å². The van der Waals surface area contributed by atoms with E-state index in [1.807, 2.05) is 30.3 Å². The van der Waals surface area contributed by atoms with E-state index in [0.717, 1.165) is 5.56 Å². The summed E-state index contributed by atoms with van der Waals surface area (Å²) in [6.45, 7) is 3.92. The Morgan fingerprint density at radius 1 is 0.923 bits per heavy atom. The van der Waals surface area contributed by atoms with Crippen LogP contribution in [0.4, 0.5) is 5.69 Å². The van der Waals surface area contributed by atoms with Gasteiger partial charge >= 0.3 is 5.97 Å². The number of anilines is 1. The SMILES string of the molecule is CCOC(=O)C1=C(C)N(c2ccc(OC)cc2)C(=O)/C1=C\c1ccc(OCC(=O)NCc2ccccc2)cc1. The van der Waals surface area contributed by atoms with Crippen LogP contribution < -0.4 is 19.7 Å². The van der Waals surface area contributed by atoms with Crippen LogP contribution >= 0.6 is 0 Å². The van der Waals surface area contributed by atoms with Crippen LogP contribution in [0.3, 0.4) is 0 Å². The fourth-order valence-electron chi connectivity index (χ4n) is 4.15. The van der Waals surface area contributed by atoms with E-state index in [4.69, 9.17) is 14.2 Å². The van der Waals surface area contributed by atoms with Gasteiger partial charge in [-0.15, -0.1) is 0 Å². The highest BCUT2D eigenvalue weighted by Crippen LogP contribution is 2.36. The molecule has 1 heterocycles. The van der Waals surface area contributed by atoms with Gasteiger partial charge in [0.1, 0.15) is 11.5 Å². The molecule has 0 saturated heterocycles. The first kappa shape index (κ1) is 27.2. The molecule has 0 unspecified atom stereocenters. The molecule has 39 heavy (non-hydrogen) atoms. The Morgan fingerprint density at radius 2 is 1.59 bits per heavy atom. The summed E-state index contributed by atoms with van der Waals surface area (Å²) in [5.41, 5.74) is 3.23.